The van der Waals surface area contributed by atoms with E-state index in [1.54, 1.807) is 24.0 Å². The van der Waals surface area contributed by atoms with Crippen LogP contribution < -0.4 is 19.7 Å². The van der Waals surface area contributed by atoms with E-state index in [9.17, 15) is 9.59 Å². The molecule has 1 aromatic carbocycles. The number of carbonyl (C=O) groups excluding carboxylic acids is 2. The summed E-state index contributed by atoms with van der Waals surface area (Å²) < 4.78 is 10.6. The number of rotatable bonds is 2. The lowest BCUT2D eigenvalue weighted by Crippen LogP contribution is -2.54. The maximum atomic E-state index is 12.8. The van der Waals surface area contributed by atoms with Gasteiger partial charge in [-0.3, -0.25) is 9.59 Å². The third-order valence-electron chi connectivity index (χ3n) is 4.07. The second-order valence-corrected chi connectivity index (χ2v) is 5.48. The predicted octanol–water partition coefficient (Wildman–Crippen LogP) is 1.44. The molecule has 1 fully saturated rings. The van der Waals surface area contributed by atoms with Crippen molar-refractivity contribution in [3.05, 3.63) is 18.2 Å². The SMILES string of the molecule is CCC1(C)NC(=O)CCN(c2ccc3c(c2)OCO3)C1=O. The summed E-state index contributed by atoms with van der Waals surface area (Å²) in [7, 11) is 0. The lowest BCUT2D eigenvalue weighted by Gasteiger charge is -2.31. The third-order valence-corrected chi connectivity index (χ3v) is 4.07. The molecule has 6 nitrogen and oxygen atoms in total. The number of anilines is 1. The number of hydrogen-bond acceptors (Lipinski definition) is 4. The van der Waals surface area contributed by atoms with E-state index in [2.05, 4.69) is 5.32 Å². The minimum atomic E-state index is -0.871. The summed E-state index contributed by atoms with van der Waals surface area (Å²) in [6.07, 6.45) is 0.828. The first-order valence-corrected chi connectivity index (χ1v) is 7.06. The molecule has 0 aliphatic carbocycles. The fraction of sp³-hybridized carbons (Fsp3) is 0.467. The minimum Gasteiger partial charge on any atom is -0.454 e. The Kier molecular flexibility index (Phi) is 3.23. The van der Waals surface area contributed by atoms with Crippen molar-refractivity contribution in [2.45, 2.75) is 32.2 Å². The molecular weight excluding hydrogens is 272 g/mol. The number of carbonyl (C=O) groups is 2. The molecule has 0 bridgehead atoms. The maximum absolute atomic E-state index is 12.8. The molecule has 3 rings (SSSR count). The molecule has 2 amide bonds. The standard InChI is InChI=1S/C15H18N2O4/c1-3-15(2)14(19)17(7-6-13(18)16-15)10-4-5-11-12(8-10)21-9-20-11/h4-5,8H,3,6-7,9H2,1-2H3,(H,16,18). The van der Waals surface area contributed by atoms with Crippen LogP contribution in [0.2, 0.25) is 0 Å². The quantitative estimate of drug-likeness (QED) is 0.895. The van der Waals surface area contributed by atoms with Gasteiger partial charge < -0.3 is 19.7 Å². The van der Waals surface area contributed by atoms with Crippen LogP contribution in [-0.2, 0) is 9.59 Å². The van der Waals surface area contributed by atoms with E-state index in [1.807, 2.05) is 13.0 Å². The summed E-state index contributed by atoms with van der Waals surface area (Å²) in [5.74, 6) is 1.10. The van der Waals surface area contributed by atoms with Crippen molar-refractivity contribution in [2.75, 3.05) is 18.2 Å². The Morgan fingerprint density at radius 2 is 2.05 bits per heavy atom. The van der Waals surface area contributed by atoms with Gasteiger partial charge in [-0.15, -0.1) is 0 Å². The van der Waals surface area contributed by atoms with Gasteiger partial charge in [0.2, 0.25) is 12.7 Å². The number of fused-ring (bicyclic) bond motifs is 1. The number of nitrogens with zero attached hydrogens (tertiary/aromatic N) is 1. The minimum absolute atomic E-state index is 0.101. The molecule has 1 aromatic rings. The van der Waals surface area contributed by atoms with Gasteiger partial charge in [0.15, 0.2) is 11.5 Å². The van der Waals surface area contributed by atoms with E-state index < -0.39 is 5.54 Å². The average molecular weight is 290 g/mol. The van der Waals surface area contributed by atoms with E-state index in [0.29, 0.717) is 24.5 Å². The van der Waals surface area contributed by atoms with Crippen LogP contribution in [0.4, 0.5) is 5.69 Å². The smallest absolute Gasteiger partial charge is 0.252 e. The van der Waals surface area contributed by atoms with Crippen LogP contribution in [0.25, 0.3) is 0 Å². The Balaban J connectivity index is 1.96. The zero-order valence-electron chi connectivity index (χ0n) is 12.1. The highest BCUT2D eigenvalue weighted by Gasteiger charge is 2.39. The van der Waals surface area contributed by atoms with Crippen LogP contribution >= 0.6 is 0 Å². The predicted molar refractivity (Wildman–Crippen MR) is 76.4 cm³/mol. The molecule has 2 aliphatic rings. The van der Waals surface area contributed by atoms with Crippen LogP contribution in [-0.4, -0.2) is 30.7 Å². The van der Waals surface area contributed by atoms with Gasteiger partial charge in [0, 0.05) is 24.7 Å². The molecule has 0 aromatic heterocycles. The third kappa shape index (κ3) is 2.30. The first-order valence-electron chi connectivity index (χ1n) is 7.06. The van der Waals surface area contributed by atoms with Crippen LogP contribution in [0.1, 0.15) is 26.7 Å². The van der Waals surface area contributed by atoms with Crippen molar-refractivity contribution in [3.63, 3.8) is 0 Å². The van der Waals surface area contributed by atoms with Gasteiger partial charge in [-0.2, -0.15) is 0 Å². The molecule has 112 valence electrons. The lowest BCUT2D eigenvalue weighted by atomic mass is 9.97. The highest BCUT2D eigenvalue weighted by atomic mass is 16.7. The summed E-state index contributed by atoms with van der Waals surface area (Å²) >= 11 is 0. The van der Waals surface area contributed by atoms with Crippen molar-refractivity contribution in [1.82, 2.24) is 5.32 Å². The lowest BCUT2D eigenvalue weighted by molar-refractivity contribution is -0.129. The van der Waals surface area contributed by atoms with Gasteiger partial charge in [-0.1, -0.05) is 6.92 Å². The van der Waals surface area contributed by atoms with Gasteiger partial charge in [0.1, 0.15) is 5.54 Å². The van der Waals surface area contributed by atoms with Crippen molar-refractivity contribution in [3.8, 4) is 11.5 Å². The number of amides is 2. The molecule has 1 atom stereocenters. The molecule has 0 saturated carbocycles. The second kappa shape index (κ2) is 4.95. The normalized spacial score (nSPS) is 24.8. The van der Waals surface area contributed by atoms with Crippen molar-refractivity contribution >= 4 is 17.5 Å². The topological polar surface area (TPSA) is 67.9 Å². The fourth-order valence-electron chi connectivity index (χ4n) is 2.58. The van der Waals surface area contributed by atoms with Crippen LogP contribution in [0.15, 0.2) is 18.2 Å². The Morgan fingerprint density at radius 3 is 2.81 bits per heavy atom. The zero-order chi connectivity index (χ0) is 15.0. The Morgan fingerprint density at radius 1 is 1.29 bits per heavy atom. The fourth-order valence-corrected chi connectivity index (χ4v) is 2.58. The summed E-state index contributed by atoms with van der Waals surface area (Å²) in [5, 5.41) is 2.82. The van der Waals surface area contributed by atoms with Crippen molar-refractivity contribution in [2.24, 2.45) is 0 Å². The second-order valence-electron chi connectivity index (χ2n) is 5.48. The number of benzene rings is 1. The van der Waals surface area contributed by atoms with Gasteiger partial charge in [0.05, 0.1) is 0 Å². The van der Waals surface area contributed by atoms with Crippen molar-refractivity contribution < 1.29 is 19.1 Å². The van der Waals surface area contributed by atoms with E-state index in [-0.39, 0.29) is 25.0 Å². The van der Waals surface area contributed by atoms with Crippen molar-refractivity contribution in [1.29, 1.82) is 0 Å². The Hall–Kier alpha value is -2.24. The molecule has 0 radical (unpaired) electrons. The van der Waals surface area contributed by atoms with E-state index in [0.717, 1.165) is 5.69 Å². The summed E-state index contributed by atoms with van der Waals surface area (Å²) in [5.41, 5.74) is -0.148. The largest absolute Gasteiger partial charge is 0.454 e. The van der Waals surface area contributed by atoms with Crippen LogP contribution in [0.3, 0.4) is 0 Å². The molecule has 1 saturated heterocycles. The summed E-state index contributed by atoms with van der Waals surface area (Å²) in [6.45, 7) is 4.21. The Bertz CT molecular complexity index is 601. The summed E-state index contributed by atoms with van der Waals surface area (Å²) in [4.78, 5) is 26.3. The summed E-state index contributed by atoms with van der Waals surface area (Å²) in [6, 6.07) is 5.39. The van der Waals surface area contributed by atoms with Crippen LogP contribution in [0, 0.1) is 0 Å². The molecule has 0 spiro atoms. The molecule has 2 aliphatic heterocycles. The average Bonchev–Trinajstić information content (AvgIpc) is 2.90. The monoisotopic (exact) mass is 290 g/mol. The van der Waals surface area contributed by atoms with Gasteiger partial charge in [0.25, 0.3) is 5.91 Å². The van der Waals surface area contributed by atoms with Gasteiger partial charge in [-0.05, 0) is 25.5 Å². The molecule has 6 heteroatoms. The highest BCUT2D eigenvalue weighted by molar-refractivity contribution is 6.04. The maximum Gasteiger partial charge on any atom is 0.252 e. The molecule has 2 heterocycles. The molecule has 1 N–H and O–H groups in total. The van der Waals surface area contributed by atoms with E-state index in [1.165, 1.54) is 0 Å². The number of ether oxygens (including phenoxy) is 2. The van der Waals surface area contributed by atoms with E-state index >= 15 is 0 Å². The van der Waals surface area contributed by atoms with E-state index in [4.69, 9.17) is 9.47 Å². The molecular formula is C15H18N2O4. The molecule has 1 unspecified atom stereocenters. The Labute approximate surface area is 123 Å². The molecule has 21 heavy (non-hydrogen) atoms. The van der Waals surface area contributed by atoms with Gasteiger partial charge in [-0.25, -0.2) is 0 Å². The number of hydrogen-bond donors (Lipinski definition) is 1. The first kappa shape index (κ1) is 13.7. The first-order chi connectivity index (χ1) is 10.0. The highest BCUT2D eigenvalue weighted by Crippen LogP contribution is 2.36. The zero-order valence-corrected chi connectivity index (χ0v) is 12.1. The van der Waals surface area contributed by atoms with Crippen LogP contribution in [0.5, 0.6) is 11.5 Å². The number of nitrogens with one attached hydrogen (secondary N) is 1. The van der Waals surface area contributed by atoms with Gasteiger partial charge >= 0.3 is 0 Å².